The van der Waals surface area contributed by atoms with Crippen molar-refractivity contribution >= 4 is 18.5 Å². The minimum atomic E-state index is -0.479. The van der Waals surface area contributed by atoms with Gasteiger partial charge in [-0.3, -0.25) is 0 Å². The Morgan fingerprint density at radius 3 is 2.94 bits per heavy atom. The molecule has 0 aromatic heterocycles. The molecule has 5 heteroatoms. The lowest BCUT2D eigenvalue weighted by Crippen LogP contribution is -2.35. The maximum Gasteiger partial charge on any atom is 0.407 e. The molecule has 1 heterocycles. The van der Waals surface area contributed by atoms with Crippen molar-refractivity contribution in [3.05, 3.63) is 35.1 Å². The highest BCUT2D eigenvalue weighted by molar-refractivity contribution is 5.85. The molecule has 16 heavy (non-hydrogen) atoms. The Morgan fingerprint density at radius 2 is 2.25 bits per heavy atom. The summed E-state index contributed by atoms with van der Waals surface area (Å²) in [6.45, 7) is 2.23. The summed E-state index contributed by atoms with van der Waals surface area (Å²) in [7, 11) is 0. The summed E-state index contributed by atoms with van der Waals surface area (Å²) >= 11 is 0. The van der Waals surface area contributed by atoms with Crippen LogP contribution >= 0.6 is 12.4 Å². The van der Waals surface area contributed by atoms with Gasteiger partial charge in [0.05, 0.1) is 12.6 Å². The number of rotatable bonds is 1. The fourth-order valence-electron chi connectivity index (χ4n) is 1.69. The molecule has 0 aliphatic carbocycles. The number of halogens is 2. The number of nitrogens with one attached hydrogen (secondary N) is 1. The summed E-state index contributed by atoms with van der Waals surface area (Å²) in [5.74, 6) is -0.284. The first kappa shape index (κ1) is 12.8. The number of carbonyl (C=O) groups is 1. The molecule has 1 aromatic rings. The molecule has 1 saturated heterocycles. The van der Waals surface area contributed by atoms with Crippen molar-refractivity contribution in [3.63, 3.8) is 0 Å². The monoisotopic (exact) mass is 245 g/mol. The van der Waals surface area contributed by atoms with Gasteiger partial charge >= 0.3 is 6.09 Å². The number of alkyl carbamates (subject to hydrolysis) is 1. The van der Waals surface area contributed by atoms with Crippen molar-refractivity contribution in [2.24, 2.45) is 0 Å². The molecule has 1 fully saturated rings. The standard InChI is InChI=1S/C11H12FNO2.ClH/c1-7-2-3-9(12)8(6-7)10-4-5-15-11(14)13-10;/h2-3,6,10H,4-5H2,1H3,(H,13,14);1H/t10-;/m1./s1. The Bertz CT molecular complexity index is 398. The van der Waals surface area contributed by atoms with Crippen molar-refractivity contribution in [1.82, 2.24) is 5.32 Å². The van der Waals surface area contributed by atoms with Crippen LogP contribution in [0, 0.1) is 12.7 Å². The van der Waals surface area contributed by atoms with Crippen molar-refractivity contribution in [2.75, 3.05) is 6.61 Å². The molecule has 1 atom stereocenters. The molecule has 1 aliphatic rings. The predicted molar refractivity (Wildman–Crippen MR) is 60.2 cm³/mol. The van der Waals surface area contributed by atoms with Gasteiger partial charge in [-0.25, -0.2) is 9.18 Å². The van der Waals surface area contributed by atoms with E-state index in [-0.39, 0.29) is 24.3 Å². The van der Waals surface area contributed by atoms with Crippen molar-refractivity contribution in [2.45, 2.75) is 19.4 Å². The maximum atomic E-state index is 13.5. The Kier molecular flexibility index (Phi) is 4.12. The Hall–Kier alpha value is -1.29. The van der Waals surface area contributed by atoms with Gasteiger partial charge in [0.15, 0.2) is 0 Å². The molecule has 0 bridgehead atoms. The second kappa shape index (κ2) is 5.16. The van der Waals surface area contributed by atoms with Gasteiger partial charge in [-0.15, -0.1) is 12.4 Å². The van der Waals surface area contributed by atoms with Gasteiger partial charge in [0.1, 0.15) is 5.82 Å². The first-order valence-electron chi connectivity index (χ1n) is 4.86. The summed E-state index contributed by atoms with van der Waals surface area (Å²) in [6.07, 6.45) is 0.124. The highest BCUT2D eigenvalue weighted by Crippen LogP contribution is 2.23. The SMILES string of the molecule is Cc1ccc(F)c([C@H]2CCOC(=O)N2)c1.Cl. The Balaban J connectivity index is 0.00000128. The molecule has 0 unspecified atom stereocenters. The third kappa shape index (κ3) is 2.64. The highest BCUT2D eigenvalue weighted by Gasteiger charge is 2.23. The van der Waals surface area contributed by atoms with Gasteiger partial charge in [0.2, 0.25) is 0 Å². The summed E-state index contributed by atoms with van der Waals surface area (Å²) in [4.78, 5) is 11.0. The molecule has 1 amide bonds. The minimum absolute atomic E-state index is 0. The van der Waals surface area contributed by atoms with Crippen LogP contribution in [0.15, 0.2) is 18.2 Å². The van der Waals surface area contributed by atoms with Crippen LogP contribution in [-0.4, -0.2) is 12.7 Å². The van der Waals surface area contributed by atoms with Gasteiger partial charge in [-0.1, -0.05) is 17.7 Å². The number of aryl methyl sites for hydroxylation is 1. The average Bonchev–Trinajstić information content (AvgIpc) is 2.22. The van der Waals surface area contributed by atoms with Crippen LogP contribution in [-0.2, 0) is 4.74 Å². The van der Waals surface area contributed by atoms with E-state index < -0.39 is 6.09 Å². The minimum Gasteiger partial charge on any atom is -0.449 e. The zero-order valence-electron chi connectivity index (χ0n) is 8.83. The molecular formula is C11H13ClFNO2. The summed E-state index contributed by atoms with van der Waals surface area (Å²) in [6, 6.07) is 4.61. The zero-order chi connectivity index (χ0) is 10.8. The molecule has 1 aromatic carbocycles. The van der Waals surface area contributed by atoms with Crippen LogP contribution < -0.4 is 5.32 Å². The van der Waals surface area contributed by atoms with Crippen molar-refractivity contribution in [1.29, 1.82) is 0 Å². The van der Waals surface area contributed by atoms with E-state index in [9.17, 15) is 9.18 Å². The summed E-state index contributed by atoms with van der Waals surface area (Å²) < 4.78 is 18.2. The number of hydrogen-bond donors (Lipinski definition) is 1. The number of cyclic esters (lactones) is 1. The predicted octanol–water partition coefficient (Wildman–Crippen LogP) is 2.73. The van der Waals surface area contributed by atoms with Crippen LogP contribution in [0.5, 0.6) is 0 Å². The van der Waals surface area contributed by atoms with Gasteiger partial charge < -0.3 is 10.1 Å². The van der Waals surface area contributed by atoms with E-state index >= 15 is 0 Å². The lowest BCUT2D eigenvalue weighted by Gasteiger charge is -2.24. The van der Waals surface area contributed by atoms with Gasteiger partial charge in [-0.05, 0) is 13.0 Å². The van der Waals surface area contributed by atoms with E-state index in [1.807, 2.05) is 6.92 Å². The van der Waals surface area contributed by atoms with Crippen molar-refractivity contribution < 1.29 is 13.9 Å². The normalized spacial score (nSPS) is 19.4. The Morgan fingerprint density at radius 1 is 1.50 bits per heavy atom. The molecule has 88 valence electrons. The van der Waals surface area contributed by atoms with E-state index in [0.29, 0.717) is 18.6 Å². The van der Waals surface area contributed by atoms with Crippen LogP contribution in [0.2, 0.25) is 0 Å². The van der Waals surface area contributed by atoms with E-state index in [4.69, 9.17) is 4.74 Å². The van der Waals surface area contributed by atoms with Gasteiger partial charge in [0.25, 0.3) is 0 Å². The van der Waals surface area contributed by atoms with E-state index in [1.54, 1.807) is 12.1 Å². The van der Waals surface area contributed by atoms with Crippen LogP contribution in [0.25, 0.3) is 0 Å². The molecular weight excluding hydrogens is 233 g/mol. The smallest absolute Gasteiger partial charge is 0.407 e. The molecule has 0 radical (unpaired) electrons. The topological polar surface area (TPSA) is 38.3 Å². The lowest BCUT2D eigenvalue weighted by atomic mass is 10.0. The number of benzene rings is 1. The lowest BCUT2D eigenvalue weighted by molar-refractivity contribution is 0.115. The number of hydrogen-bond acceptors (Lipinski definition) is 2. The molecule has 2 rings (SSSR count). The molecule has 1 aliphatic heterocycles. The summed E-state index contributed by atoms with van der Waals surface area (Å²) in [5, 5.41) is 2.60. The third-order valence-corrected chi connectivity index (χ3v) is 2.46. The zero-order valence-corrected chi connectivity index (χ0v) is 9.64. The molecule has 1 N–H and O–H groups in total. The highest BCUT2D eigenvalue weighted by atomic mass is 35.5. The molecule has 3 nitrogen and oxygen atoms in total. The van der Waals surface area contributed by atoms with E-state index in [1.165, 1.54) is 6.07 Å². The first-order valence-corrected chi connectivity index (χ1v) is 4.86. The molecule has 0 saturated carbocycles. The number of ether oxygens (including phenoxy) is 1. The maximum absolute atomic E-state index is 13.5. The Labute approximate surface area is 99.4 Å². The van der Waals surface area contributed by atoms with Gasteiger partial charge in [-0.2, -0.15) is 0 Å². The van der Waals surface area contributed by atoms with Crippen LogP contribution in [0.1, 0.15) is 23.6 Å². The van der Waals surface area contributed by atoms with Crippen LogP contribution in [0.3, 0.4) is 0 Å². The average molecular weight is 246 g/mol. The second-order valence-electron chi connectivity index (χ2n) is 3.65. The van der Waals surface area contributed by atoms with Gasteiger partial charge in [0, 0.05) is 12.0 Å². The van der Waals surface area contributed by atoms with E-state index in [0.717, 1.165) is 5.56 Å². The third-order valence-electron chi connectivity index (χ3n) is 2.46. The number of carbonyl (C=O) groups excluding carboxylic acids is 1. The second-order valence-corrected chi connectivity index (χ2v) is 3.65. The van der Waals surface area contributed by atoms with E-state index in [2.05, 4.69) is 5.32 Å². The molecule has 0 spiro atoms. The summed E-state index contributed by atoms with van der Waals surface area (Å²) in [5.41, 5.74) is 1.51. The first-order chi connectivity index (χ1) is 7.16. The quantitative estimate of drug-likeness (QED) is 0.826. The van der Waals surface area contributed by atoms with Crippen LogP contribution in [0.4, 0.5) is 9.18 Å². The fraction of sp³-hybridized carbons (Fsp3) is 0.364. The fourth-order valence-corrected chi connectivity index (χ4v) is 1.69. The van der Waals surface area contributed by atoms with Crippen molar-refractivity contribution in [3.8, 4) is 0 Å². The largest absolute Gasteiger partial charge is 0.449 e. The number of amides is 1.